The van der Waals surface area contributed by atoms with Gasteiger partial charge in [0.05, 0.1) is 0 Å². The quantitative estimate of drug-likeness (QED) is 0.110. The average molecular weight is 399 g/mol. The molecule has 0 aromatic carbocycles. The third kappa shape index (κ3) is 15.5. The SMILES string of the molecule is CCCCCCCC/C=C\CCCCCCCCN(CC)N(C(C)O)C(C)O. The smallest absolute Gasteiger partial charge is 0.120 e. The molecule has 28 heavy (non-hydrogen) atoms. The van der Waals surface area contributed by atoms with Crippen molar-refractivity contribution in [3.8, 4) is 0 Å². The molecule has 2 N–H and O–H groups in total. The molecule has 2 atom stereocenters. The molecule has 4 heteroatoms. The molecular formula is C24H50N2O2. The van der Waals surface area contributed by atoms with Crippen LogP contribution in [0.4, 0.5) is 0 Å². The fourth-order valence-electron chi connectivity index (χ4n) is 3.76. The van der Waals surface area contributed by atoms with E-state index in [0.29, 0.717) is 0 Å². The number of hydrazine groups is 1. The van der Waals surface area contributed by atoms with E-state index in [9.17, 15) is 10.2 Å². The van der Waals surface area contributed by atoms with E-state index < -0.39 is 12.5 Å². The molecule has 0 fully saturated rings. The molecule has 0 aromatic rings. The topological polar surface area (TPSA) is 46.9 Å². The summed E-state index contributed by atoms with van der Waals surface area (Å²) < 4.78 is 0. The maximum Gasteiger partial charge on any atom is 0.120 e. The summed E-state index contributed by atoms with van der Waals surface area (Å²) in [7, 11) is 0. The fraction of sp³-hybridized carbons (Fsp3) is 0.917. The van der Waals surface area contributed by atoms with Crippen LogP contribution in [0.2, 0.25) is 0 Å². The van der Waals surface area contributed by atoms with E-state index in [1.54, 1.807) is 18.9 Å². The van der Waals surface area contributed by atoms with Gasteiger partial charge >= 0.3 is 0 Å². The first-order valence-electron chi connectivity index (χ1n) is 12.1. The minimum atomic E-state index is -0.658. The standard InChI is InChI=1S/C24H50N2O2/c1-5-7-8-9-10-11-12-13-14-15-16-17-18-19-20-21-22-25(6-2)26(23(3)27)24(4)28/h13-14,23-24,27-28H,5-12,15-22H2,1-4H3/b14-13-. The van der Waals surface area contributed by atoms with E-state index >= 15 is 0 Å². The van der Waals surface area contributed by atoms with Crippen molar-refractivity contribution in [1.29, 1.82) is 0 Å². The maximum atomic E-state index is 9.84. The van der Waals surface area contributed by atoms with E-state index in [-0.39, 0.29) is 0 Å². The summed E-state index contributed by atoms with van der Waals surface area (Å²) in [6.45, 7) is 9.45. The van der Waals surface area contributed by atoms with Gasteiger partial charge in [-0.3, -0.25) is 0 Å². The molecule has 0 bridgehead atoms. The number of aliphatic hydroxyl groups is 2. The van der Waals surface area contributed by atoms with Gasteiger partial charge in [0.2, 0.25) is 0 Å². The Morgan fingerprint density at radius 1 is 0.643 bits per heavy atom. The van der Waals surface area contributed by atoms with Gasteiger partial charge in [-0.1, -0.05) is 83.8 Å². The van der Waals surface area contributed by atoms with E-state index in [1.807, 2.05) is 0 Å². The fourth-order valence-corrected chi connectivity index (χ4v) is 3.76. The summed E-state index contributed by atoms with van der Waals surface area (Å²) in [5.41, 5.74) is 0. The summed E-state index contributed by atoms with van der Waals surface area (Å²) in [6, 6.07) is 0. The van der Waals surface area contributed by atoms with E-state index in [0.717, 1.165) is 19.5 Å². The summed E-state index contributed by atoms with van der Waals surface area (Å²) in [6.07, 6.45) is 21.8. The van der Waals surface area contributed by atoms with E-state index in [1.165, 1.54) is 83.5 Å². The lowest BCUT2D eigenvalue weighted by atomic mass is 10.1. The molecule has 2 unspecified atom stereocenters. The molecule has 0 aliphatic rings. The van der Waals surface area contributed by atoms with Gasteiger partial charge in [-0.15, -0.1) is 0 Å². The highest BCUT2D eigenvalue weighted by Crippen LogP contribution is 2.12. The van der Waals surface area contributed by atoms with E-state index in [4.69, 9.17) is 0 Å². The molecular weight excluding hydrogens is 348 g/mol. The lowest BCUT2D eigenvalue weighted by Gasteiger charge is -2.38. The summed E-state index contributed by atoms with van der Waals surface area (Å²) in [4.78, 5) is 0. The summed E-state index contributed by atoms with van der Waals surface area (Å²) >= 11 is 0. The van der Waals surface area contributed by atoms with Crippen LogP contribution < -0.4 is 0 Å². The van der Waals surface area contributed by atoms with Crippen molar-refractivity contribution in [2.45, 2.75) is 130 Å². The van der Waals surface area contributed by atoms with Crippen LogP contribution in [0.3, 0.4) is 0 Å². The highest BCUT2D eigenvalue weighted by atomic mass is 16.3. The number of aliphatic hydroxyl groups excluding tert-OH is 2. The molecule has 0 aromatic heterocycles. The molecule has 0 aliphatic carbocycles. The highest BCUT2D eigenvalue weighted by molar-refractivity contribution is 4.81. The van der Waals surface area contributed by atoms with Crippen LogP contribution in [0.25, 0.3) is 0 Å². The summed E-state index contributed by atoms with van der Waals surface area (Å²) in [5.74, 6) is 0. The molecule has 4 nitrogen and oxygen atoms in total. The van der Waals surface area contributed by atoms with Crippen LogP contribution in [-0.4, -0.2) is 45.8 Å². The number of nitrogens with zero attached hydrogens (tertiary/aromatic N) is 2. The van der Waals surface area contributed by atoms with Crippen molar-refractivity contribution >= 4 is 0 Å². The first-order chi connectivity index (χ1) is 13.5. The molecule has 0 saturated carbocycles. The lowest BCUT2D eigenvalue weighted by molar-refractivity contribution is -0.205. The van der Waals surface area contributed by atoms with Gasteiger partial charge in [0.1, 0.15) is 12.5 Å². The van der Waals surface area contributed by atoms with Gasteiger partial charge in [-0.25, -0.2) is 5.01 Å². The highest BCUT2D eigenvalue weighted by Gasteiger charge is 2.22. The predicted octanol–water partition coefficient (Wildman–Crippen LogP) is 6.24. The molecule has 0 saturated heterocycles. The Morgan fingerprint density at radius 3 is 1.50 bits per heavy atom. The second-order valence-corrected chi connectivity index (χ2v) is 8.13. The van der Waals surface area contributed by atoms with Crippen LogP contribution >= 0.6 is 0 Å². The van der Waals surface area contributed by atoms with Crippen molar-refractivity contribution in [2.24, 2.45) is 0 Å². The summed E-state index contributed by atoms with van der Waals surface area (Å²) in [5, 5.41) is 23.4. The van der Waals surface area contributed by atoms with Crippen LogP contribution in [0.5, 0.6) is 0 Å². The third-order valence-corrected chi connectivity index (χ3v) is 5.39. The Kier molecular flexibility index (Phi) is 19.6. The largest absolute Gasteiger partial charge is 0.377 e. The third-order valence-electron chi connectivity index (χ3n) is 5.39. The predicted molar refractivity (Wildman–Crippen MR) is 122 cm³/mol. The zero-order chi connectivity index (χ0) is 21.0. The Labute approximate surface area is 176 Å². The monoisotopic (exact) mass is 398 g/mol. The van der Waals surface area contributed by atoms with Crippen LogP contribution in [0.15, 0.2) is 12.2 Å². The van der Waals surface area contributed by atoms with Crippen LogP contribution in [0, 0.1) is 0 Å². The van der Waals surface area contributed by atoms with Crippen molar-refractivity contribution in [1.82, 2.24) is 10.0 Å². The molecule has 0 amide bonds. The van der Waals surface area contributed by atoms with Crippen molar-refractivity contribution < 1.29 is 10.2 Å². The van der Waals surface area contributed by atoms with Crippen molar-refractivity contribution in [3.05, 3.63) is 12.2 Å². The lowest BCUT2D eigenvalue weighted by Crippen LogP contribution is -2.52. The molecule has 168 valence electrons. The Morgan fingerprint density at radius 2 is 1.07 bits per heavy atom. The van der Waals surface area contributed by atoms with Crippen molar-refractivity contribution in [2.75, 3.05) is 13.1 Å². The second-order valence-electron chi connectivity index (χ2n) is 8.13. The maximum absolute atomic E-state index is 9.84. The van der Waals surface area contributed by atoms with Gasteiger partial charge in [0.25, 0.3) is 0 Å². The zero-order valence-corrected chi connectivity index (χ0v) is 19.4. The minimum Gasteiger partial charge on any atom is -0.377 e. The number of allylic oxidation sites excluding steroid dienone is 2. The van der Waals surface area contributed by atoms with Crippen LogP contribution in [-0.2, 0) is 0 Å². The Hall–Kier alpha value is -0.420. The first kappa shape index (κ1) is 27.6. The molecule has 0 rings (SSSR count). The average Bonchev–Trinajstić information content (AvgIpc) is 2.65. The van der Waals surface area contributed by atoms with Gasteiger partial charge in [0.15, 0.2) is 0 Å². The number of rotatable bonds is 20. The van der Waals surface area contributed by atoms with Gasteiger partial charge in [0, 0.05) is 13.1 Å². The van der Waals surface area contributed by atoms with Gasteiger partial charge in [-0.2, -0.15) is 5.01 Å². The molecule has 0 spiro atoms. The Balaban J connectivity index is 3.53. The molecule has 0 radical (unpaired) electrons. The van der Waals surface area contributed by atoms with Crippen molar-refractivity contribution in [3.63, 3.8) is 0 Å². The minimum absolute atomic E-state index is 0.658. The molecule has 0 aliphatic heterocycles. The first-order valence-corrected chi connectivity index (χ1v) is 12.1. The molecule has 0 heterocycles. The number of hydrogen-bond acceptors (Lipinski definition) is 4. The number of unbranched alkanes of at least 4 members (excludes halogenated alkanes) is 12. The second kappa shape index (κ2) is 19.9. The Bertz CT molecular complexity index is 337. The van der Waals surface area contributed by atoms with Gasteiger partial charge in [-0.05, 0) is 46.0 Å². The normalized spacial score (nSPS) is 14.4. The zero-order valence-electron chi connectivity index (χ0n) is 19.4. The van der Waals surface area contributed by atoms with E-state index in [2.05, 4.69) is 31.0 Å². The van der Waals surface area contributed by atoms with Gasteiger partial charge < -0.3 is 10.2 Å². The van der Waals surface area contributed by atoms with Crippen LogP contribution in [0.1, 0.15) is 118 Å². The number of hydrogen-bond donors (Lipinski definition) is 2.